The van der Waals surface area contributed by atoms with Gasteiger partial charge in [-0.05, 0) is 65.9 Å². The summed E-state index contributed by atoms with van der Waals surface area (Å²) in [6, 6.07) is 20.1. The SMILES string of the molecule is C[C@H](NC(=O)c1cccc2c1CN(Cc1ccc(Cl)cc1)CC2)c1ccc(C(=O)O)cc1. The summed E-state index contributed by atoms with van der Waals surface area (Å²) < 4.78 is 0. The number of carboxylic acids is 1. The number of rotatable bonds is 6. The number of carboxylic acid groups (broad SMARTS) is 1. The van der Waals surface area contributed by atoms with E-state index in [-0.39, 0.29) is 17.5 Å². The molecule has 0 aromatic heterocycles. The molecule has 1 amide bonds. The summed E-state index contributed by atoms with van der Waals surface area (Å²) in [7, 11) is 0. The average molecular weight is 449 g/mol. The van der Waals surface area contributed by atoms with Crippen LogP contribution in [-0.4, -0.2) is 28.4 Å². The van der Waals surface area contributed by atoms with Gasteiger partial charge >= 0.3 is 5.97 Å². The minimum Gasteiger partial charge on any atom is -0.478 e. The van der Waals surface area contributed by atoms with Gasteiger partial charge in [0.1, 0.15) is 0 Å². The van der Waals surface area contributed by atoms with Crippen molar-refractivity contribution < 1.29 is 14.7 Å². The fourth-order valence-corrected chi connectivity index (χ4v) is 4.23. The van der Waals surface area contributed by atoms with E-state index in [0.29, 0.717) is 12.1 Å². The average Bonchev–Trinajstić information content (AvgIpc) is 2.80. The number of nitrogens with one attached hydrogen (secondary N) is 1. The number of nitrogens with zero attached hydrogens (tertiary/aromatic N) is 1. The van der Waals surface area contributed by atoms with Crippen LogP contribution in [0.25, 0.3) is 0 Å². The molecule has 0 unspecified atom stereocenters. The zero-order valence-electron chi connectivity index (χ0n) is 17.8. The van der Waals surface area contributed by atoms with Crippen LogP contribution in [0.4, 0.5) is 0 Å². The molecule has 3 aromatic rings. The summed E-state index contributed by atoms with van der Waals surface area (Å²) in [5.74, 6) is -1.09. The van der Waals surface area contributed by atoms with Gasteiger partial charge in [-0.1, -0.05) is 48.0 Å². The van der Waals surface area contributed by atoms with Gasteiger partial charge in [-0.15, -0.1) is 0 Å². The van der Waals surface area contributed by atoms with Gasteiger partial charge in [0.15, 0.2) is 0 Å². The lowest BCUT2D eigenvalue weighted by atomic mass is 9.93. The van der Waals surface area contributed by atoms with Gasteiger partial charge in [-0.2, -0.15) is 0 Å². The van der Waals surface area contributed by atoms with Crippen LogP contribution >= 0.6 is 11.6 Å². The first-order valence-electron chi connectivity index (χ1n) is 10.6. The minimum atomic E-state index is -0.965. The van der Waals surface area contributed by atoms with Crippen molar-refractivity contribution in [3.8, 4) is 0 Å². The fraction of sp³-hybridized carbons (Fsp3) is 0.231. The zero-order valence-corrected chi connectivity index (χ0v) is 18.6. The van der Waals surface area contributed by atoms with Crippen LogP contribution in [0.2, 0.25) is 5.02 Å². The molecule has 1 aliphatic rings. The van der Waals surface area contributed by atoms with Crippen LogP contribution in [-0.2, 0) is 19.5 Å². The smallest absolute Gasteiger partial charge is 0.335 e. The van der Waals surface area contributed by atoms with Crippen molar-refractivity contribution in [3.63, 3.8) is 0 Å². The van der Waals surface area contributed by atoms with Crippen LogP contribution in [0.1, 0.15) is 55.9 Å². The lowest BCUT2D eigenvalue weighted by molar-refractivity contribution is 0.0696. The third kappa shape index (κ3) is 5.01. The number of carbonyl (C=O) groups is 2. The zero-order chi connectivity index (χ0) is 22.7. The highest BCUT2D eigenvalue weighted by atomic mass is 35.5. The number of benzene rings is 3. The highest BCUT2D eigenvalue weighted by Gasteiger charge is 2.23. The molecule has 1 aliphatic heterocycles. The summed E-state index contributed by atoms with van der Waals surface area (Å²) in [5, 5.41) is 12.9. The Kier molecular flexibility index (Phi) is 6.58. The molecule has 0 spiro atoms. The third-order valence-corrected chi connectivity index (χ3v) is 6.17. The van der Waals surface area contributed by atoms with Crippen LogP contribution < -0.4 is 5.32 Å². The number of carbonyl (C=O) groups excluding carboxylic acids is 1. The maximum atomic E-state index is 13.1. The van der Waals surface area contributed by atoms with E-state index in [4.69, 9.17) is 16.7 Å². The molecular weight excluding hydrogens is 424 g/mol. The third-order valence-electron chi connectivity index (χ3n) is 5.92. The molecule has 2 N–H and O–H groups in total. The van der Waals surface area contributed by atoms with Crippen molar-refractivity contribution in [2.75, 3.05) is 6.54 Å². The Hall–Kier alpha value is -3.15. The highest BCUT2D eigenvalue weighted by Crippen LogP contribution is 2.25. The van der Waals surface area contributed by atoms with E-state index in [1.165, 1.54) is 11.1 Å². The van der Waals surface area contributed by atoms with Gasteiger partial charge in [-0.3, -0.25) is 9.69 Å². The van der Waals surface area contributed by atoms with Crippen molar-refractivity contribution in [1.82, 2.24) is 10.2 Å². The minimum absolute atomic E-state index is 0.120. The molecule has 5 nitrogen and oxygen atoms in total. The monoisotopic (exact) mass is 448 g/mol. The topological polar surface area (TPSA) is 69.6 Å². The Balaban J connectivity index is 1.48. The number of hydrogen-bond donors (Lipinski definition) is 2. The van der Waals surface area contributed by atoms with Crippen molar-refractivity contribution >= 4 is 23.5 Å². The molecule has 3 aromatic carbocycles. The number of halogens is 1. The van der Waals surface area contributed by atoms with Gasteiger partial charge in [0, 0.05) is 30.2 Å². The summed E-state index contributed by atoms with van der Waals surface area (Å²) in [6.07, 6.45) is 0.899. The fourth-order valence-electron chi connectivity index (χ4n) is 4.10. The molecule has 1 heterocycles. The van der Waals surface area contributed by atoms with E-state index in [1.54, 1.807) is 24.3 Å². The van der Waals surface area contributed by atoms with Gasteiger partial charge in [-0.25, -0.2) is 4.79 Å². The summed E-state index contributed by atoms with van der Waals surface area (Å²) in [4.78, 5) is 26.5. The normalized spacial score (nSPS) is 14.4. The lowest BCUT2D eigenvalue weighted by Crippen LogP contribution is -2.33. The van der Waals surface area contributed by atoms with Crippen molar-refractivity contribution in [2.45, 2.75) is 32.5 Å². The molecule has 1 atom stereocenters. The standard InChI is InChI=1S/C26H25ClN2O3/c1-17(19-7-9-21(10-8-19)26(31)32)28-25(30)23-4-2-3-20-13-14-29(16-24(20)23)15-18-5-11-22(27)12-6-18/h2-12,17H,13-16H2,1H3,(H,28,30)(H,31,32)/t17-/m0/s1. The molecule has 0 radical (unpaired) electrons. The largest absolute Gasteiger partial charge is 0.478 e. The van der Waals surface area contributed by atoms with Crippen LogP contribution in [0, 0.1) is 0 Å². The van der Waals surface area contributed by atoms with Crippen LogP contribution in [0.5, 0.6) is 0 Å². The molecule has 0 saturated heterocycles. The lowest BCUT2D eigenvalue weighted by Gasteiger charge is -2.30. The number of amides is 1. The molecule has 0 aliphatic carbocycles. The second-order valence-corrected chi connectivity index (χ2v) is 8.59. The van der Waals surface area contributed by atoms with Gasteiger partial charge in [0.25, 0.3) is 5.91 Å². The first-order valence-corrected chi connectivity index (χ1v) is 11.0. The second kappa shape index (κ2) is 9.55. The molecule has 0 fully saturated rings. The molecule has 32 heavy (non-hydrogen) atoms. The second-order valence-electron chi connectivity index (χ2n) is 8.15. The Morgan fingerprint density at radius 1 is 1.06 bits per heavy atom. The van der Waals surface area contributed by atoms with E-state index >= 15 is 0 Å². The van der Waals surface area contributed by atoms with Crippen molar-refractivity contribution in [3.05, 3.63) is 105 Å². The Labute approximate surface area is 192 Å². The highest BCUT2D eigenvalue weighted by molar-refractivity contribution is 6.30. The quantitative estimate of drug-likeness (QED) is 0.551. The predicted octanol–water partition coefficient (Wildman–Crippen LogP) is 5.09. The Morgan fingerprint density at radius 2 is 1.78 bits per heavy atom. The molecule has 6 heteroatoms. The number of fused-ring (bicyclic) bond motifs is 1. The maximum Gasteiger partial charge on any atom is 0.335 e. The van der Waals surface area contributed by atoms with E-state index in [9.17, 15) is 9.59 Å². The van der Waals surface area contributed by atoms with Crippen LogP contribution in [0.3, 0.4) is 0 Å². The summed E-state index contributed by atoms with van der Waals surface area (Å²) >= 11 is 6.00. The Bertz CT molecular complexity index is 1130. The molecule has 0 bridgehead atoms. The maximum absolute atomic E-state index is 13.1. The summed E-state index contributed by atoms with van der Waals surface area (Å²) in [5.41, 5.74) is 5.25. The summed E-state index contributed by atoms with van der Waals surface area (Å²) in [6.45, 7) is 4.35. The first kappa shape index (κ1) is 22.1. The van der Waals surface area contributed by atoms with E-state index in [1.807, 2.05) is 43.3 Å². The van der Waals surface area contributed by atoms with E-state index in [0.717, 1.165) is 35.7 Å². The molecule has 164 valence electrons. The number of hydrogen-bond acceptors (Lipinski definition) is 3. The molecule has 0 saturated carbocycles. The van der Waals surface area contributed by atoms with Gasteiger partial charge in [0.05, 0.1) is 11.6 Å². The van der Waals surface area contributed by atoms with Crippen molar-refractivity contribution in [1.29, 1.82) is 0 Å². The predicted molar refractivity (Wildman–Crippen MR) is 125 cm³/mol. The first-order chi connectivity index (χ1) is 15.4. The van der Waals surface area contributed by atoms with Gasteiger partial charge in [0.2, 0.25) is 0 Å². The molecular formula is C26H25ClN2O3. The van der Waals surface area contributed by atoms with Crippen LogP contribution in [0.15, 0.2) is 66.7 Å². The molecule has 4 rings (SSSR count). The van der Waals surface area contributed by atoms with E-state index < -0.39 is 5.97 Å². The number of aromatic carboxylic acids is 1. The Morgan fingerprint density at radius 3 is 2.47 bits per heavy atom. The van der Waals surface area contributed by atoms with Gasteiger partial charge < -0.3 is 10.4 Å². The van der Waals surface area contributed by atoms with Crippen molar-refractivity contribution in [2.24, 2.45) is 0 Å². The van der Waals surface area contributed by atoms with E-state index in [2.05, 4.69) is 16.3 Å².